The van der Waals surface area contributed by atoms with Gasteiger partial charge in [-0.05, 0) is 31.5 Å². The normalized spacial score (nSPS) is 10.5. The van der Waals surface area contributed by atoms with Crippen LogP contribution in [0, 0.1) is 0 Å². The van der Waals surface area contributed by atoms with Crippen LogP contribution in [0.3, 0.4) is 0 Å². The van der Waals surface area contributed by atoms with Crippen LogP contribution in [-0.4, -0.2) is 12.4 Å². The lowest BCUT2D eigenvalue weighted by atomic mass is 10.1. The largest absolute Gasteiger partial charge is 0.492 e. The zero-order valence-corrected chi connectivity index (χ0v) is 12.6. The first-order valence-electron chi connectivity index (χ1n) is 7.08. The van der Waals surface area contributed by atoms with Gasteiger partial charge in [-0.3, -0.25) is 4.79 Å². The van der Waals surface area contributed by atoms with Crippen LogP contribution in [0.5, 0.6) is 5.75 Å². The van der Waals surface area contributed by atoms with E-state index in [1.165, 1.54) is 39.0 Å². The van der Waals surface area contributed by atoms with Gasteiger partial charge in [0.25, 0.3) is 0 Å². The Bertz CT molecular complexity index is 402. The van der Waals surface area contributed by atoms with Crippen molar-refractivity contribution < 1.29 is 9.53 Å². The summed E-state index contributed by atoms with van der Waals surface area (Å²) >= 11 is 6.08. The quantitative estimate of drug-likeness (QED) is 0.455. The maximum Gasteiger partial charge on any atom is 0.159 e. The fourth-order valence-corrected chi connectivity index (χ4v) is 2.14. The summed E-state index contributed by atoms with van der Waals surface area (Å²) in [5.74, 6) is 0.685. The molecule has 0 fully saturated rings. The van der Waals surface area contributed by atoms with E-state index in [0.29, 0.717) is 22.9 Å². The van der Waals surface area contributed by atoms with Crippen LogP contribution in [0.25, 0.3) is 0 Å². The lowest BCUT2D eigenvalue weighted by Gasteiger charge is -2.08. The summed E-state index contributed by atoms with van der Waals surface area (Å²) in [6.45, 7) is 4.43. The minimum absolute atomic E-state index is 0.0179. The van der Waals surface area contributed by atoms with Crippen molar-refractivity contribution in [1.29, 1.82) is 0 Å². The predicted octanol–water partition coefficient (Wildman–Crippen LogP) is 5.28. The molecule has 1 aromatic rings. The smallest absolute Gasteiger partial charge is 0.159 e. The molecule has 0 spiro atoms. The molecule has 0 saturated carbocycles. The van der Waals surface area contributed by atoms with Gasteiger partial charge in [0.2, 0.25) is 0 Å². The van der Waals surface area contributed by atoms with Gasteiger partial charge in [0.1, 0.15) is 5.75 Å². The topological polar surface area (TPSA) is 26.3 Å². The highest BCUT2D eigenvalue weighted by atomic mass is 35.5. The van der Waals surface area contributed by atoms with Crippen LogP contribution in [0.1, 0.15) is 62.7 Å². The second-order valence-electron chi connectivity index (χ2n) is 4.82. The summed E-state index contributed by atoms with van der Waals surface area (Å²) in [5, 5.41) is 0.513. The zero-order chi connectivity index (χ0) is 14.1. The van der Waals surface area contributed by atoms with Crippen molar-refractivity contribution in [2.75, 3.05) is 6.61 Å². The molecule has 0 amide bonds. The van der Waals surface area contributed by atoms with Gasteiger partial charge in [-0.1, -0.05) is 50.6 Å². The molecule has 0 atom stereocenters. The average Bonchev–Trinajstić information content (AvgIpc) is 2.39. The van der Waals surface area contributed by atoms with Crippen molar-refractivity contribution in [2.45, 2.75) is 52.4 Å². The fourth-order valence-electron chi connectivity index (χ4n) is 1.90. The molecule has 0 aliphatic carbocycles. The Balaban J connectivity index is 2.28. The lowest BCUT2D eigenvalue weighted by Crippen LogP contribution is -1.99. The van der Waals surface area contributed by atoms with E-state index in [4.69, 9.17) is 16.3 Å². The molecule has 1 rings (SSSR count). The number of rotatable bonds is 9. The second kappa shape index (κ2) is 8.98. The third-order valence-corrected chi connectivity index (χ3v) is 3.39. The third-order valence-electron chi connectivity index (χ3n) is 3.09. The number of halogens is 1. The van der Waals surface area contributed by atoms with Crippen LogP contribution >= 0.6 is 11.6 Å². The molecule has 2 nitrogen and oxygen atoms in total. The van der Waals surface area contributed by atoms with Crippen molar-refractivity contribution >= 4 is 17.4 Å². The van der Waals surface area contributed by atoms with Crippen LogP contribution in [0.2, 0.25) is 5.02 Å². The molecular formula is C16H23ClO2. The minimum atomic E-state index is 0.0179. The van der Waals surface area contributed by atoms with E-state index in [0.717, 1.165) is 6.42 Å². The Kier molecular flexibility index (Phi) is 7.57. The summed E-state index contributed by atoms with van der Waals surface area (Å²) in [7, 11) is 0. The van der Waals surface area contributed by atoms with E-state index < -0.39 is 0 Å². The lowest BCUT2D eigenvalue weighted by molar-refractivity contribution is 0.101. The number of benzene rings is 1. The van der Waals surface area contributed by atoms with Crippen LogP contribution < -0.4 is 4.74 Å². The van der Waals surface area contributed by atoms with Gasteiger partial charge in [-0.15, -0.1) is 0 Å². The summed E-state index contributed by atoms with van der Waals surface area (Å²) in [6, 6.07) is 5.20. The molecule has 1 aromatic carbocycles. The summed E-state index contributed by atoms with van der Waals surface area (Å²) in [6.07, 6.45) is 7.42. The first-order chi connectivity index (χ1) is 9.15. The van der Waals surface area contributed by atoms with Gasteiger partial charge < -0.3 is 4.74 Å². The van der Waals surface area contributed by atoms with Crippen molar-refractivity contribution in [3.8, 4) is 5.75 Å². The van der Waals surface area contributed by atoms with Gasteiger partial charge in [-0.25, -0.2) is 0 Å². The van der Waals surface area contributed by atoms with E-state index in [2.05, 4.69) is 6.92 Å². The van der Waals surface area contributed by atoms with Gasteiger partial charge in [0.15, 0.2) is 5.78 Å². The zero-order valence-electron chi connectivity index (χ0n) is 11.9. The van der Waals surface area contributed by atoms with E-state index >= 15 is 0 Å². The monoisotopic (exact) mass is 282 g/mol. The maximum atomic E-state index is 11.2. The van der Waals surface area contributed by atoms with Crippen LogP contribution in [0.4, 0.5) is 0 Å². The molecule has 0 aromatic heterocycles. The molecule has 106 valence electrons. The SMILES string of the molecule is CCCCCCCCOc1ccc(C(C)=O)cc1Cl. The molecule has 0 saturated heterocycles. The van der Waals surface area contributed by atoms with Crippen LogP contribution in [0.15, 0.2) is 18.2 Å². The van der Waals surface area contributed by atoms with E-state index in [1.807, 2.05) is 0 Å². The number of hydrogen-bond donors (Lipinski definition) is 0. The molecule has 0 N–H and O–H groups in total. The molecule has 0 unspecified atom stereocenters. The Morgan fingerprint density at radius 3 is 2.47 bits per heavy atom. The van der Waals surface area contributed by atoms with Gasteiger partial charge in [0, 0.05) is 5.56 Å². The predicted molar refractivity (Wildman–Crippen MR) is 80.3 cm³/mol. The Labute approximate surface area is 121 Å². The average molecular weight is 283 g/mol. The molecular weight excluding hydrogens is 260 g/mol. The highest BCUT2D eigenvalue weighted by Gasteiger charge is 2.05. The number of carbonyl (C=O) groups excluding carboxylic acids is 1. The molecule has 0 heterocycles. The van der Waals surface area contributed by atoms with Gasteiger partial charge in [0.05, 0.1) is 11.6 Å². The van der Waals surface area contributed by atoms with Crippen molar-refractivity contribution in [3.05, 3.63) is 28.8 Å². The van der Waals surface area contributed by atoms with E-state index in [1.54, 1.807) is 18.2 Å². The number of ketones is 1. The molecule has 3 heteroatoms. The van der Waals surface area contributed by atoms with Crippen LogP contribution in [-0.2, 0) is 0 Å². The molecule has 0 aliphatic heterocycles. The molecule has 19 heavy (non-hydrogen) atoms. The molecule has 0 aliphatic rings. The fraction of sp³-hybridized carbons (Fsp3) is 0.562. The summed E-state index contributed by atoms with van der Waals surface area (Å²) < 4.78 is 5.63. The number of Topliss-reactive ketones (excluding diaryl/α,β-unsaturated/α-hetero) is 1. The van der Waals surface area contributed by atoms with E-state index in [-0.39, 0.29) is 5.78 Å². The third kappa shape index (κ3) is 6.11. The van der Waals surface area contributed by atoms with Crippen molar-refractivity contribution in [3.63, 3.8) is 0 Å². The van der Waals surface area contributed by atoms with E-state index in [9.17, 15) is 4.79 Å². The first kappa shape index (κ1) is 16.0. The minimum Gasteiger partial charge on any atom is -0.492 e. The first-order valence-corrected chi connectivity index (χ1v) is 7.46. The number of hydrogen-bond acceptors (Lipinski definition) is 2. The number of unbranched alkanes of at least 4 members (excludes halogenated alkanes) is 5. The Morgan fingerprint density at radius 1 is 1.16 bits per heavy atom. The van der Waals surface area contributed by atoms with Crippen molar-refractivity contribution in [1.82, 2.24) is 0 Å². The highest BCUT2D eigenvalue weighted by molar-refractivity contribution is 6.32. The highest BCUT2D eigenvalue weighted by Crippen LogP contribution is 2.25. The Hall–Kier alpha value is -1.02. The molecule has 0 bridgehead atoms. The Morgan fingerprint density at radius 2 is 1.84 bits per heavy atom. The van der Waals surface area contributed by atoms with Gasteiger partial charge >= 0.3 is 0 Å². The second-order valence-corrected chi connectivity index (χ2v) is 5.22. The van der Waals surface area contributed by atoms with Gasteiger partial charge in [-0.2, -0.15) is 0 Å². The standard InChI is InChI=1S/C16H23ClO2/c1-3-4-5-6-7-8-11-19-16-10-9-14(13(2)18)12-15(16)17/h9-10,12H,3-8,11H2,1-2H3. The number of carbonyl (C=O) groups is 1. The summed E-state index contributed by atoms with van der Waals surface area (Å²) in [4.78, 5) is 11.2. The number of ether oxygens (including phenoxy) is 1. The molecule has 0 radical (unpaired) electrons. The summed E-state index contributed by atoms with van der Waals surface area (Å²) in [5.41, 5.74) is 0.622. The van der Waals surface area contributed by atoms with Crippen molar-refractivity contribution in [2.24, 2.45) is 0 Å². The maximum absolute atomic E-state index is 11.2.